The zero-order valence-electron chi connectivity index (χ0n) is 11.0. The van der Waals surface area contributed by atoms with Crippen molar-refractivity contribution in [1.29, 1.82) is 0 Å². The van der Waals surface area contributed by atoms with Crippen LogP contribution in [0.15, 0.2) is 0 Å². The summed E-state index contributed by atoms with van der Waals surface area (Å²) in [7, 11) is 0. The first-order valence-corrected chi connectivity index (χ1v) is 6.29. The number of ether oxygens (including phenoxy) is 1. The summed E-state index contributed by atoms with van der Waals surface area (Å²) in [5.74, 6) is 1.51. The first kappa shape index (κ1) is 13.0. The quantitative estimate of drug-likeness (QED) is 0.758. The van der Waals surface area contributed by atoms with Crippen molar-refractivity contribution >= 4 is 0 Å². The topological polar surface area (TPSA) is 21.3 Å². The normalized spacial score (nSPS) is 27.2. The van der Waals surface area contributed by atoms with Crippen LogP contribution in [0.1, 0.15) is 47.5 Å². The van der Waals surface area contributed by atoms with E-state index in [9.17, 15) is 0 Å². The van der Waals surface area contributed by atoms with Crippen LogP contribution in [0.5, 0.6) is 0 Å². The van der Waals surface area contributed by atoms with Crippen LogP contribution in [0.3, 0.4) is 0 Å². The van der Waals surface area contributed by atoms with E-state index in [1.165, 1.54) is 12.8 Å². The highest BCUT2D eigenvalue weighted by atomic mass is 16.5. The van der Waals surface area contributed by atoms with Crippen LogP contribution in [0.2, 0.25) is 0 Å². The van der Waals surface area contributed by atoms with Crippen molar-refractivity contribution in [1.82, 2.24) is 5.32 Å². The third-order valence-electron chi connectivity index (χ3n) is 3.53. The molecule has 0 aromatic rings. The Morgan fingerprint density at radius 1 is 1.33 bits per heavy atom. The average molecular weight is 213 g/mol. The summed E-state index contributed by atoms with van der Waals surface area (Å²) in [6, 6.07) is 0. The Balaban J connectivity index is 2.11. The molecule has 1 heterocycles. The molecule has 1 aliphatic rings. The predicted molar refractivity (Wildman–Crippen MR) is 65.1 cm³/mol. The molecule has 1 saturated heterocycles. The maximum atomic E-state index is 5.93. The summed E-state index contributed by atoms with van der Waals surface area (Å²) in [5, 5.41) is 3.52. The molecule has 2 heteroatoms. The van der Waals surface area contributed by atoms with E-state index in [-0.39, 0.29) is 5.60 Å². The van der Waals surface area contributed by atoms with Gasteiger partial charge < -0.3 is 10.1 Å². The van der Waals surface area contributed by atoms with Crippen LogP contribution in [0.25, 0.3) is 0 Å². The lowest BCUT2D eigenvalue weighted by Crippen LogP contribution is -2.32. The van der Waals surface area contributed by atoms with Crippen molar-refractivity contribution in [3.8, 4) is 0 Å². The van der Waals surface area contributed by atoms with E-state index >= 15 is 0 Å². The molecular weight excluding hydrogens is 186 g/mol. The summed E-state index contributed by atoms with van der Waals surface area (Å²) in [6.45, 7) is 13.4. The maximum Gasteiger partial charge on any atom is 0.0707 e. The Hall–Kier alpha value is -0.0800. The molecular formula is C13H27NO. The first-order valence-electron chi connectivity index (χ1n) is 6.29. The fourth-order valence-electron chi connectivity index (χ4n) is 1.93. The molecule has 0 bridgehead atoms. The van der Waals surface area contributed by atoms with Crippen LogP contribution >= 0.6 is 0 Å². The van der Waals surface area contributed by atoms with Gasteiger partial charge in [0.15, 0.2) is 0 Å². The molecule has 1 fully saturated rings. The molecule has 1 N–H and O–H groups in total. The van der Waals surface area contributed by atoms with Gasteiger partial charge in [0.2, 0.25) is 0 Å². The zero-order valence-corrected chi connectivity index (χ0v) is 11.0. The molecule has 2 atom stereocenters. The minimum atomic E-state index is 0.107. The Labute approximate surface area is 94.8 Å². The predicted octanol–water partition coefficient (Wildman–Crippen LogP) is 2.83. The van der Waals surface area contributed by atoms with Gasteiger partial charge >= 0.3 is 0 Å². The molecule has 15 heavy (non-hydrogen) atoms. The Bertz CT molecular complexity index is 189. The molecule has 0 aromatic heterocycles. The molecule has 90 valence electrons. The van der Waals surface area contributed by atoms with Crippen LogP contribution in [-0.2, 0) is 4.74 Å². The van der Waals surface area contributed by atoms with Gasteiger partial charge in [-0.25, -0.2) is 0 Å². The Kier molecular flexibility index (Phi) is 4.60. The Morgan fingerprint density at radius 3 is 2.47 bits per heavy atom. The summed E-state index contributed by atoms with van der Waals surface area (Å²) in [6.07, 6.45) is 2.83. The van der Waals surface area contributed by atoms with Gasteiger partial charge in [-0.1, -0.05) is 20.8 Å². The third-order valence-corrected chi connectivity index (χ3v) is 3.53. The van der Waals surface area contributed by atoms with Gasteiger partial charge in [-0.3, -0.25) is 0 Å². The maximum absolute atomic E-state index is 5.93. The van der Waals surface area contributed by atoms with Gasteiger partial charge in [0, 0.05) is 6.54 Å². The molecule has 0 amide bonds. The van der Waals surface area contributed by atoms with E-state index in [4.69, 9.17) is 4.74 Å². The van der Waals surface area contributed by atoms with E-state index in [1.807, 2.05) is 0 Å². The highest BCUT2D eigenvalue weighted by Crippen LogP contribution is 2.28. The van der Waals surface area contributed by atoms with Gasteiger partial charge in [-0.15, -0.1) is 0 Å². The fraction of sp³-hybridized carbons (Fsp3) is 1.00. The minimum absolute atomic E-state index is 0.107. The smallest absolute Gasteiger partial charge is 0.0707 e. The molecule has 1 aliphatic heterocycles. The highest BCUT2D eigenvalue weighted by molar-refractivity contribution is 4.82. The molecule has 0 aromatic carbocycles. The van der Waals surface area contributed by atoms with E-state index in [1.54, 1.807) is 0 Å². The first-order chi connectivity index (χ1) is 6.91. The average Bonchev–Trinajstić information content (AvgIpc) is 2.45. The molecule has 2 nitrogen and oxygen atoms in total. The molecule has 1 rings (SSSR count). The number of rotatable bonds is 5. The van der Waals surface area contributed by atoms with E-state index in [0.717, 1.165) is 24.9 Å². The van der Waals surface area contributed by atoms with Gasteiger partial charge in [-0.2, -0.15) is 0 Å². The van der Waals surface area contributed by atoms with Crippen molar-refractivity contribution < 1.29 is 4.74 Å². The van der Waals surface area contributed by atoms with Crippen molar-refractivity contribution in [2.24, 2.45) is 11.8 Å². The summed E-state index contributed by atoms with van der Waals surface area (Å²) in [5.41, 5.74) is 0.107. The summed E-state index contributed by atoms with van der Waals surface area (Å²) in [4.78, 5) is 0. The lowest BCUT2D eigenvalue weighted by atomic mass is 9.98. The van der Waals surface area contributed by atoms with Crippen molar-refractivity contribution in [3.63, 3.8) is 0 Å². The molecule has 0 aliphatic carbocycles. The second-order valence-corrected chi connectivity index (χ2v) is 5.92. The highest BCUT2D eigenvalue weighted by Gasteiger charge is 2.31. The molecule has 0 radical (unpaired) electrons. The Morgan fingerprint density at radius 2 is 2.00 bits per heavy atom. The molecule has 2 unspecified atom stereocenters. The van der Waals surface area contributed by atoms with E-state index < -0.39 is 0 Å². The summed E-state index contributed by atoms with van der Waals surface area (Å²) >= 11 is 0. The van der Waals surface area contributed by atoms with E-state index in [2.05, 4.69) is 39.9 Å². The number of hydrogen-bond donors (Lipinski definition) is 1. The second-order valence-electron chi connectivity index (χ2n) is 5.92. The lowest BCUT2D eigenvalue weighted by molar-refractivity contribution is -0.0145. The SMILES string of the molecule is CC(C)C(C)CNCC1CCC(C)(C)O1. The molecule has 0 spiro atoms. The van der Waals surface area contributed by atoms with Gasteiger partial charge in [0.1, 0.15) is 0 Å². The van der Waals surface area contributed by atoms with Crippen LogP contribution < -0.4 is 5.32 Å². The van der Waals surface area contributed by atoms with E-state index in [0.29, 0.717) is 6.10 Å². The zero-order chi connectivity index (χ0) is 11.5. The minimum Gasteiger partial charge on any atom is -0.371 e. The largest absolute Gasteiger partial charge is 0.371 e. The van der Waals surface area contributed by atoms with Gasteiger partial charge in [-0.05, 0) is 45.1 Å². The number of nitrogens with one attached hydrogen (secondary N) is 1. The summed E-state index contributed by atoms with van der Waals surface area (Å²) < 4.78 is 5.93. The fourth-order valence-corrected chi connectivity index (χ4v) is 1.93. The van der Waals surface area contributed by atoms with Crippen molar-refractivity contribution in [3.05, 3.63) is 0 Å². The van der Waals surface area contributed by atoms with Crippen LogP contribution in [0.4, 0.5) is 0 Å². The number of hydrogen-bond acceptors (Lipinski definition) is 2. The van der Waals surface area contributed by atoms with Crippen LogP contribution in [-0.4, -0.2) is 24.8 Å². The third kappa shape index (κ3) is 4.52. The standard InChI is InChI=1S/C13H27NO/c1-10(2)11(3)8-14-9-12-6-7-13(4,5)15-12/h10-12,14H,6-9H2,1-5H3. The lowest BCUT2D eigenvalue weighted by Gasteiger charge is -2.21. The second kappa shape index (κ2) is 5.31. The molecule has 0 saturated carbocycles. The van der Waals surface area contributed by atoms with Gasteiger partial charge in [0.05, 0.1) is 11.7 Å². The van der Waals surface area contributed by atoms with Crippen LogP contribution in [0, 0.1) is 11.8 Å². The van der Waals surface area contributed by atoms with Crippen molar-refractivity contribution in [2.45, 2.75) is 59.2 Å². The van der Waals surface area contributed by atoms with Crippen molar-refractivity contribution in [2.75, 3.05) is 13.1 Å². The van der Waals surface area contributed by atoms with Gasteiger partial charge in [0.25, 0.3) is 0 Å². The monoisotopic (exact) mass is 213 g/mol.